The van der Waals surface area contributed by atoms with Gasteiger partial charge in [0.2, 0.25) is 21.6 Å². The zero-order valence-corrected chi connectivity index (χ0v) is 25.5. The van der Waals surface area contributed by atoms with Crippen LogP contribution in [0.1, 0.15) is 32.3 Å². The average Bonchev–Trinajstić information content (AvgIpc) is 3.01. The van der Waals surface area contributed by atoms with Crippen molar-refractivity contribution in [3.8, 4) is 34.8 Å². The summed E-state index contributed by atoms with van der Waals surface area (Å²) in [6, 6.07) is 11.3. The van der Waals surface area contributed by atoms with Gasteiger partial charge in [0.15, 0.2) is 28.2 Å². The minimum atomic E-state index is -4.30. The van der Waals surface area contributed by atoms with Crippen LogP contribution in [-0.4, -0.2) is 67.8 Å². The van der Waals surface area contributed by atoms with Crippen LogP contribution in [0, 0.1) is 0 Å². The van der Waals surface area contributed by atoms with Gasteiger partial charge in [-0.3, -0.25) is 4.72 Å². The van der Waals surface area contributed by atoms with E-state index in [1.54, 1.807) is 36.4 Å². The van der Waals surface area contributed by atoms with Gasteiger partial charge in [-0.1, -0.05) is 32.0 Å². The average molecular weight is 630 g/mol. The number of benzene rings is 1. The fourth-order valence-corrected chi connectivity index (χ4v) is 5.07. The molecule has 2 N–H and O–H groups in total. The van der Waals surface area contributed by atoms with Crippen LogP contribution in [0.15, 0.2) is 66.1 Å². The monoisotopic (exact) mass is 629 g/mol. The Kier molecular flexibility index (Phi) is 10.1. The number of aromatic nitrogens is 5. The highest BCUT2D eigenvalue weighted by atomic mass is 32.2. The van der Waals surface area contributed by atoms with E-state index in [-0.39, 0.29) is 64.7 Å². The Morgan fingerprint density at radius 3 is 2.23 bits per heavy atom. The van der Waals surface area contributed by atoms with E-state index in [0.717, 1.165) is 5.56 Å². The van der Waals surface area contributed by atoms with E-state index in [4.69, 9.17) is 14.2 Å². The molecule has 0 aliphatic carbocycles. The molecule has 0 unspecified atom stereocenters. The smallest absolute Gasteiger partial charge is 0.280 e. The molecule has 0 saturated heterocycles. The summed E-state index contributed by atoms with van der Waals surface area (Å²) in [4.78, 5) is 21.2. The normalized spacial score (nSPS) is 11.7. The van der Waals surface area contributed by atoms with Gasteiger partial charge in [-0.15, -0.1) is 0 Å². The van der Waals surface area contributed by atoms with E-state index in [2.05, 4.69) is 34.4 Å². The van der Waals surface area contributed by atoms with Crippen LogP contribution in [0.4, 0.5) is 5.82 Å². The molecule has 14 nitrogen and oxygen atoms in total. The van der Waals surface area contributed by atoms with Crippen molar-refractivity contribution in [1.82, 2.24) is 29.6 Å². The van der Waals surface area contributed by atoms with Gasteiger partial charge in [0, 0.05) is 25.1 Å². The van der Waals surface area contributed by atoms with Gasteiger partial charge >= 0.3 is 0 Å². The maximum atomic E-state index is 13.5. The predicted octanol–water partition coefficient (Wildman–Crippen LogP) is 3.37. The lowest BCUT2D eigenvalue weighted by Gasteiger charge is -2.18. The second-order valence-corrected chi connectivity index (χ2v) is 12.9. The number of nitrogens with one attached hydrogen (secondary N) is 2. The molecule has 228 valence electrons. The fourth-order valence-electron chi connectivity index (χ4n) is 3.54. The number of rotatable bonds is 14. The molecule has 16 heteroatoms. The number of sulfonamides is 2. The largest absolute Gasteiger partial charge is 0.493 e. The summed E-state index contributed by atoms with van der Waals surface area (Å²) in [7, 11) is -6.35. The lowest BCUT2D eigenvalue weighted by atomic mass is 10.1. The molecular weight excluding hydrogens is 598 g/mol. The highest BCUT2D eigenvalue weighted by molar-refractivity contribution is 7.92. The highest BCUT2D eigenvalue weighted by Crippen LogP contribution is 2.41. The SMILES string of the molecule is CCS(=O)(=O)NCCOc1nc(-c2ncccn2)nc(NS(=O)(=O)c2ccc(C(C)C)cn2)c1Oc1ccccc1OC. The van der Waals surface area contributed by atoms with Crippen LogP contribution in [0.25, 0.3) is 11.6 Å². The van der Waals surface area contributed by atoms with E-state index in [1.807, 2.05) is 13.8 Å². The number of hydrogen-bond acceptors (Lipinski definition) is 12. The van der Waals surface area contributed by atoms with Crippen LogP contribution in [0.5, 0.6) is 23.1 Å². The van der Waals surface area contributed by atoms with Crippen molar-refractivity contribution in [3.05, 3.63) is 66.6 Å². The van der Waals surface area contributed by atoms with Crippen molar-refractivity contribution >= 4 is 25.9 Å². The third kappa shape index (κ3) is 8.12. The quantitative estimate of drug-likeness (QED) is 0.194. The first-order chi connectivity index (χ1) is 20.5. The first-order valence-electron chi connectivity index (χ1n) is 13.1. The molecule has 0 amide bonds. The van der Waals surface area contributed by atoms with Crippen molar-refractivity contribution in [2.75, 3.05) is 30.7 Å². The van der Waals surface area contributed by atoms with Gasteiger partial charge < -0.3 is 14.2 Å². The zero-order chi connectivity index (χ0) is 31.0. The number of methoxy groups -OCH3 is 1. The van der Waals surface area contributed by atoms with Gasteiger partial charge in [-0.25, -0.2) is 33.1 Å². The molecule has 0 spiro atoms. The lowest BCUT2D eigenvalue weighted by Crippen LogP contribution is -2.29. The molecule has 43 heavy (non-hydrogen) atoms. The Bertz CT molecular complexity index is 1750. The van der Waals surface area contributed by atoms with E-state index in [1.165, 1.54) is 38.7 Å². The van der Waals surface area contributed by atoms with Crippen LogP contribution in [-0.2, 0) is 20.0 Å². The van der Waals surface area contributed by atoms with Crippen molar-refractivity contribution < 1.29 is 31.0 Å². The molecule has 0 bridgehead atoms. The van der Waals surface area contributed by atoms with E-state index in [9.17, 15) is 16.8 Å². The lowest BCUT2D eigenvalue weighted by molar-refractivity contribution is 0.292. The Morgan fingerprint density at radius 2 is 1.60 bits per heavy atom. The topological polar surface area (TPSA) is 184 Å². The first-order valence-corrected chi connectivity index (χ1v) is 16.3. The standard InChI is InChI=1S/C27H31N7O7S2/c1-5-42(35,36)31-15-16-40-27-23(41-21-10-7-6-9-20(21)39-4)24(32-26(33-27)25-28-13-8-14-29-25)34-43(37,38)22-12-11-19(17-30-22)18(2)3/h6-14,17-18,31H,5,15-16H2,1-4H3,(H,32,33,34). The van der Waals surface area contributed by atoms with Crippen molar-refractivity contribution in [3.63, 3.8) is 0 Å². The Morgan fingerprint density at radius 1 is 0.884 bits per heavy atom. The molecule has 1 aromatic carbocycles. The first kappa shape index (κ1) is 31.5. The summed E-state index contributed by atoms with van der Waals surface area (Å²) in [6.45, 7) is 5.15. The Labute approximate surface area is 250 Å². The maximum Gasteiger partial charge on any atom is 0.280 e. The van der Waals surface area contributed by atoms with E-state index >= 15 is 0 Å². The van der Waals surface area contributed by atoms with Crippen LogP contribution in [0.3, 0.4) is 0 Å². The molecule has 0 saturated carbocycles. The molecule has 4 aromatic rings. The summed E-state index contributed by atoms with van der Waals surface area (Å²) >= 11 is 0. The molecule has 0 aliphatic rings. The fraction of sp³-hybridized carbons (Fsp3) is 0.296. The number of pyridine rings is 1. The number of para-hydroxylation sites is 2. The van der Waals surface area contributed by atoms with Crippen molar-refractivity contribution in [1.29, 1.82) is 0 Å². The molecule has 3 aromatic heterocycles. The maximum absolute atomic E-state index is 13.5. The van der Waals surface area contributed by atoms with Crippen LogP contribution >= 0.6 is 0 Å². The summed E-state index contributed by atoms with van der Waals surface area (Å²) < 4.78 is 73.0. The third-order valence-corrected chi connectivity index (χ3v) is 8.51. The molecule has 0 fully saturated rings. The van der Waals surface area contributed by atoms with Crippen LogP contribution in [0.2, 0.25) is 0 Å². The Hall–Kier alpha value is -4.41. The van der Waals surface area contributed by atoms with Gasteiger partial charge in [0.25, 0.3) is 15.9 Å². The van der Waals surface area contributed by atoms with E-state index in [0.29, 0.717) is 5.75 Å². The number of hydrogen-bond donors (Lipinski definition) is 2. The molecule has 3 heterocycles. The summed E-state index contributed by atoms with van der Waals surface area (Å²) in [5.74, 6) is -0.174. The second kappa shape index (κ2) is 13.7. The summed E-state index contributed by atoms with van der Waals surface area (Å²) in [5.41, 5.74) is 0.860. The minimum absolute atomic E-state index is 0.0720. The molecular formula is C27H31N7O7S2. The second-order valence-electron chi connectivity index (χ2n) is 9.19. The molecule has 4 rings (SSSR count). The molecule has 0 aliphatic heterocycles. The summed E-state index contributed by atoms with van der Waals surface area (Å²) in [5, 5.41) is -0.257. The number of anilines is 1. The number of ether oxygens (including phenoxy) is 3. The van der Waals surface area contributed by atoms with Gasteiger partial charge in [0.1, 0.15) is 6.61 Å². The van der Waals surface area contributed by atoms with Crippen molar-refractivity contribution in [2.45, 2.75) is 31.7 Å². The molecule has 0 radical (unpaired) electrons. The number of nitrogens with zero attached hydrogens (tertiary/aromatic N) is 5. The van der Waals surface area contributed by atoms with Crippen LogP contribution < -0.4 is 23.7 Å². The van der Waals surface area contributed by atoms with Gasteiger partial charge in [0.05, 0.1) is 12.9 Å². The van der Waals surface area contributed by atoms with Gasteiger partial charge in [-0.05, 0) is 42.7 Å². The Balaban J connectivity index is 1.82. The van der Waals surface area contributed by atoms with Crippen molar-refractivity contribution in [2.24, 2.45) is 0 Å². The zero-order valence-electron chi connectivity index (χ0n) is 23.9. The summed E-state index contributed by atoms with van der Waals surface area (Å²) in [6.07, 6.45) is 4.42. The van der Waals surface area contributed by atoms with Gasteiger partial charge in [-0.2, -0.15) is 13.4 Å². The third-order valence-electron chi connectivity index (χ3n) is 5.86. The van der Waals surface area contributed by atoms with E-state index < -0.39 is 20.0 Å². The highest BCUT2D eigenvalue weighted by Gasteiger charge is 2.26. The molecule has 0 atom stereocenters. The minimum Gasteiger partial charge on any atom is -0.493 e. The predicted molar refractivity (Wildman–Crippen MR) is 158 cm³/mol.